The summed E-state index contributed by atoms with van der Waals surface area (Å²) in [6.45, 7) is 5.65. The van der Waals surface area contributed by atoms with E-state index in [1.165, 1.54) is 6.07 Å². The van der Waals surface area contributed by atoms with Crippen molar-refractivity contribution in [3.05, 3.63) is 59.9 Å². The van der Waals surface area contributed by atoms with Crippen LogP contribution in [0.5, 0.6) is 5.75 Å². The molecule has 0 aliphatic carbocycles. The van der Waals surface area contributed by atoms with Crippen molar-refractivity contribution in [1.82, 2.24) is 4.90 Å². The smallest absolute Gasteiger partial charge is 0.167 e. The number of ether oxygens (including phenoxy) is 1. The van der Waals surface area contributed by atoms with Gasteiger partial charge < -0.3 is 15.4 Å². The normalized spacial score (nSPS) is 14.7. The molecule has 1 aromatic rings. The van der Waals surface area contributed by atoms with Crippen LogP contribution in [0.15, 0.2) is 48.5 Å². The Morgan fingerprint density at radius 2 is 2.11 bits per heavy atom. The van der Waals surface area contributed by atoms with E-state index in [9.17, 15) is 4.39 Å². The van der Waals surface area contributed by atoms with Gasteiger partial charge >= 0.3 is 0 Å². The molecule has 94 valence electrons. The summed E-state index contributed by atoms with van der Waals surface area (Å²) in [5.74, 6) is 0.230. The minimum atomic E-state index is -0.475. The van der Waals surface area contributed by atoms with Gasteiger partial charge in [-0.05, 0) is 24.6 Å². The lowest BCUT2D eigenvalue weighted by atomic mass is 10.2. The van der Waals surface area contributed by atoms with Gasteiger partial charge in [-0.3, -0.25) is 0 Å². The van der Waals surface area contributed by atoms with E-state index in [1.807, 2.05) is 11.9 Å². The average Bonchev–Trinajstić information content (AvgIpc) is 2.31. The minimum absolute atomic E-state index is 0.162. The fourth-order valence-electron chi connectivity index (χ4n) is 1.53. The van der Waals surface area contributed by atoms with E-state index in [1.54, 1.807) is 31.3 Å². The minimum Gasteiger partial charge on any atom is -0.454 e. The molecule has 1 aromatic carbocycles. The van der Waals surface area contributed by atoms with E-state index >= 15 is 0 Å². The number of halogens is 1. The van der Waals surface area contributed by atoms with E-state index < -0.39 is 5.82 Å². The van der Waals surface area contributed by atoms with Gasteiger partial charge in [0.25, 0.3) is 0 Å². The summed E-state index contributed by atoms with van der Waals surface area (Å²) >= 11 is 0. The van der Waals surface area contributed by atoms with Crippen molar-refractivity contribution in [2.45, 2.75) is 6.92 Å². The molecule has 0 saturated carbocycles. The van der Waals surface area contributed by atoms with Crippen molar-refractivity contribution in [2.75, 3.05) is 12.8 Å². The van der Waals surface area contributed by atoms with Crippen LogP contribution in [-0.4, -0.2) is 11.9 Å². The molecule has 0 unspecified atom stereocenters. The Balaban J connectivity index is 2.26. The topological polar surface area (TPSA) is 38.5 Å². The second kappa shape index (κ2) is 4.56. The average molecular weight is 246 g/mol. The molecule has 1 aliphatic heterocycles. The summed E-state index contributed by atoms with van der Waals surface area (Å²) < 4.78 is 19.2. The van der Waals surface area contributed by atoms with Crippen LogP contribution in [-0.2, 0) is 0 Å². The third-order valence-electron chi connectivity index (χ3n) is 2.77. The van der Waals surface area contributed by atoms with E-state index in [0.29, 0.717) is 11.4 Å². The molecule has 0 bridgehead atoms. The maximum atomic E-state index is 13.7. The fourth-order valence-corrected chi connectivity index (χ4v) is 1.53. The second-order valence-electron chi connectivity index (χ2n) is 4.21. The lowest BCUT2D eigenvalue weighted by molar-refractivity contribution is 0.403. The predicted octanol–water partition coefficient (Wildman–Crippen LogP) is 2.95. The van der Waals surface area contributed by atoms with Gasteiger partial charge in [0.05, 0.1) is 0 Å². The van der Waals surface area contributed by atoms with Gasteiger partial charge in [0, 0.05) is 36.8 Å². The van der Waals surface area contributed by atoms with E-state index in [-0.39, 0.29) is 5.75 Å². The molecule has 0 fully saturated rings. The number of nitrogens with zero attached hydrogens (tertiary/aromatic N) is 1. The molecule has 3 nitrogen and oxygen atoms in total. The van der Waals surface area contributed by atoms with Gasteiger partial charge in [-0.1, -0.05) is 6.58 Å². The molecule has 0 radical (unpaired) electrons. The summed E-state index contributed by atoms with van der Waals surface area (Å²) in [5.41, 5.74) is 7.59. The summed E-state index contributed by atoms with van der Waals surface area (Å²) in [6.07, 6.45) is 5.30. The molecular formula is C14H15FN2O. The third kappa shape index (κ3) is 2.37. The fraction of sp³-hybridized carbons (Fsp3) is 0.143. The number of nitrogen functional groups attached to an aromatic ring is 1. The molecule has 1 aliphatic rings. The lowest BCUT2D eigenvalue weighted by Crippen LogP contribution is -2.12. The number of nitrogens with two attached hydrogens (primary N) is 1. The Morgan fingerprint density at radius 1 is 1.39 bits per heavy atom. The number of hydrogen-bond donors (Lipinski definition) is 1. The number of allylic oxidation sites excluding steroid dienone is 2. The molecule has 0 spiro atoms. The SMILES string of the molecule is C=C1C=C(Oc2cc(C)c(N)cc2F)C=CN1C. The van der Waals surface area contributed by atoms with Crippen LogP contribution in [0.25, 0.3) is 0 Å². The van der Waals surface area contributed by atoms with Gasteiger partial charge in [-0.25, -0.2) is 4.39 Å². The molecule has 0 saturated heterocycles. The molecular weight excluding hydrogens is 231 g/mol. The van der Waals surface area contributed by atoms with Gasteiger partial charge in [-0.2, -0.15) is 0 Å². The maximum absolute atomic E-state index is 13.7. The first-order valence-electron chi connectivity index (χ1n) is 5.52. The number of anilines is 1. The van der Waals surface area contributed by atoms with E-state index in [0.717, 1.165) is 11.3 Å². The molecule has 2 rings (SSSR count). The first-order chi connectivity index (χ1) is 8.47. The molecule has 18 heavy (non-hydrogen) atoms. The Labute approximate surface area is 106 Å². The molecule has 4 heteroatoms. The zero-order valence-electron chi connectivity index (χ0n) is 10.4. The van der Waals surface area contributed by atoms with Crippen LogP contribution in [0.1, 0.15) is 5.56 Å². The summed E-state index contributed by atoms with van der Waals surface area (Å²) in [7, 11) is 1.88. The monoisotopic (exact) mass is 246 g/mol. The van der Waals surface area contributed by atoms with Crippen LogP contribution in [0, 0.1) is 12.7 Å². The number of likely N-dealkylation sites (N-methyl/N-ethyl adjacent to an activating group) is 1. The Hall–Kier alpha value is -2.23. The number of aryl methyl sites for hydroxylation is 1. The highest BCUT2D eigenvalue weighted by Crippen LogP contribution is 2.26. The van der Waals surface area contributed by atoms with Crippen molar-refractivity contribution in [2.24, 2.45) is 0 Å². The van der Waals surface area contributed by atoms with Crippen LogP contribution in [0.4, 0.5) is 10.1 Å². The zero-order valence-corrected chi connectivity index (χ0v) is 10.4. The molecule has 0 aromatic heterocycles. The van der Waals surface area contributed by atoms with Crippen molar-refractivity contribution in [3.8, 4) is 5.75 Å². The van der Waals surface area contributed by atoms with E-state index in [2.05, 4.69) is 6.58 Å². The van der Waals surface area contributed by atoms with Crippen LogP contribution < -0.4 is 10.5 Å². The second-order valence-corrected chi connectivity index (χ2v) is 4.21. The first-order valence-corrected chi connectivity index (χ1v) is 5.52. The molecule has 2 N–H and O–H groups in total. The number of rotatable bonds is 2. The maximum Gasteiger partial charge on any atom is 0.167 e. The third-order valence-corrected chi connectivity index (χ3v) is 2.77. The van der Waals surface area contributed by atoms with Crippen LogP contribution in [0.3, 0.4) is 0 Å². The van der Waals surface area contributed by atoms with Gasteiger partial charge in [0.2, 0.25) is 0 Å². The molecule has 0 atom stereocenters. The quantitative estimate of drug-likeness (QED) is 0.815. The van der Waals surface area contributed by atoms with E-state index in [4.69, 9.17) is 10.5 Å². The standard InChI is InChI=1S/C14H15FN2O/c1-9-6-14(12(15)8-13(9)16)18-11-4-5-17(3)10(2)7-11/h4-8H,2,16H2,1,3H3. The molecule has 0 amide bonds. The van der Waals surface area contributed by atoms with Crippen LogP contribution in [0.2, 0.25) is 0 Å². The number of benzene rings is 1. The van der Waals surface area contributed by atoms with Crippen LogP contribution >= 0.6 is 0 Å². The Bertz CT molecular complexity index is 561. The zero-order chi connectivity index (χ0) is 13.3. The highest BCUT2D eigenvalue weighted by molar-refractivity contribution is 5.51. The highest BCUT2D eigenvalue weighted by Gasteiger charge is 2.11. The van der Waals surface area contributed by atoms with Gasteiger partial charge in [0.15, 0.2) is 11.6 Å². The predicted molar refractivity (Wildman–Crippen MR) is 70.3 cm³/mol. The van der Waals surface area contributed by atoms with Gasteiger partial charge in [-0.15, -0.1) is 0 Å². The molecule has 1 heterocycles. The van der Waals surface area contributed by atoms with Crippen molar-refractivity contribution in [1.29, 1.82) is 0 Å². The van der Waals surface area contributed by atoms with Crippen molar-refractivity contribution in [3.63, 3.8) is 0 Å². The first kappa shape index (κ1) is 12.2. The Kier molecular flexibility index (Phi) is 3.10. The summed E-state index contributed by atoms with van der Waals surface area (Å²) in [5, 5.41) is 0. The van der Waals surface area contributed by atoms with Crippen molar-refractivity contribution >= 4 is 5.69 Å². The summed E-state index contributed by atoms with van der Waals surface area (Å²) in [6, 6.07) is 2.85. The number of hydrogen-bond acceptors (Lipinski definition) is 3. The lowest BCUT2D eigenvalue weighted by Gasteiger charge is -2.20. The highest BCUT2D eigenvalue weighted by atomic mass is 19.1. The van der Waals surface area contributed by atoms with Crippen molar-refractivity contribution < 1.29 is 9.13 Å². The largest absolute Gasteiger partial charge is 0.454 e. The summed E-state index contributed by atoms with van der Waals surface area (Å²) in [4.78, 5) is 1.84. The van der Waals surface area contributed by atoms with Gasteiger partial charge in [0.1, 0.15) is 5.76 Å². The Morgan fingerprint density at radius 3 is 2.78 bits per heavy atom.